The molecule has 17 heavy (non-hydrogen) atoms. The molecular weight excluding hydrogens is 240 g/mol. The van der Waals surface area contributed by atoms with Crippen molar-refractivity contribution in [1.82, 2.24) is 5.32 Å². The molecule has 0 saturated carbocycles. The van der Waals surface area contributed by atoms with Crippen LogP contribution in [0.1, 0.15) is 5.56 Å². The standard InChI is InChI=1S/C11H18N2O3S/c1-10-3-2-4-11(9-10)16-7-5-13-6-8-17(12,14)15/h2-4,9,13H,5-8H2,1H3,(H2,12,14,15). The van der Waals surface area contributed by atoms with Crippen LogP contribution >= 0.6 is 0 Å². The summed E-state index contributed by atoms with van der Waals surface area (Å²) in [6, 6.07) is 7.76. The number of ether oxygens (including phenoxy) is 1. The van der Waals surface area contributed by atoms with Crippen LogP contribution in [0.4, 0.5) is 0 Å². The van der Waals surface area contributed by atoms with Crippen LogP contribution in [0.5, 0.6) is 5.75 Å². The van der Waals surface area contributed by atoms with Gasteiger partial charge in [-0.15, -0.1) is 0 Å². The summed E-state index contributed by atoms with van der Waals surface area (Å²) in [6.07, 6.45) is 0. The lowest BCUT2D eigenvalue weighted by molar-refractivity contribution is 0.315. The zero-order valence-corrected chi connectivity index (χ0v) is 10.7. The lowest BCUT2D eigenvalue weighted by atomic mass is 10.2. The summed E-state index contributed by atoms with van der Waals surface area (Å²) >= 11 is 0. The van der Waals surface area contributed by atoms with Gasteiger partial charge in [0, 0.05) is 13.1 Å². The first-order chi connectivity index (χ1) is 7.97. The van der Waals surface area contributed by atoms with Crippen LogP contribution < -0.4 is 15.2 Å². The third-order valence-corrected chi connectivity index (χ3v) is 2.87. The van der Waals surface area contributed by atoms with E-state index in [-0.39, 0.29) is 5.75 Å². The van der Waals surface area contributed by atoms with E-state index in [1.54, 1.807) is 0 Å². The van der Waals surface area contributed by atoms with E-state index >= 15 is 0 Å². The van der Waals surface area contributed by atoms with Crippen molar-refractivity contribution in [1.29, 1.82) is 0 Å². The second-order valence-corrected chi connectivity index (χ2v) is 5.52. The summed E-state index contributed by atoms with van der Waals surface area (Å²) in [4.78, 5) is 0. The minimum Gasteiger partial charge on any atom is -0.492 e. The van der Waals surface area contributed by atoms with Gasteiger partial charge in [0.25, 0.3) is 0 Å². The van der Waals surface area contributed by atoms with E-state index in [4.69, 9.17) is 9.88 Å². The molecule has 0 unspecified atom stereocenters. The molecule has 1 aromatic rings. The van der Waals surface area contributed by atoms with Gasteiger partial charge < -0.3 is 10.1 Å². The predicted octanol–water partition coefficient (Wildman–Crippen LogP) is 0.252. The molecule has 6 heteroatoms. The van der Waals surface area contributed by atoms with Crippen molar-refractivity contribution in [3.8, 4) is 5.75 Å². The first kappa shape index (κ1) is 14.0. The van der Waals surface area contributed by atoms with E-state index in [9.17, 15) is 8.42 Å². The van der Waals surface area contributed by atoms with Crippen molar-refractivity contribution in [3.05, 3.63) is 29.8 Å². The van der Waals surface area contributed by atoms with Crippen molar-refractivity contribution >= 4 is 10.0 Å². The Morgan fingerprint density at radius 2 is 2.12 bits per heavy atom. The van der Waals surface area contributed by atoms with E-state index < -0.39 is 10.0 Å². The Kier molecular flexibility index (Phi) is 5.40. The van der Waals surface area contributed by atoms with E-state index in [1.807, 2.05) is 31.2 Å². The van der Waals surface area contributed by atoms with Gasteiger partial charge >= 0.3 is 0 Å². The van der Waals surface area contributed by atoms with Crippen LogP contribution in [-0.2, 0) is 10.0 Å². The lowest BCUT2D eigenvalue weighted by Crippen LogP contribution is -2.29. The lowest BCUT2D eigenvalue weighted by Gasteiger charge is -2.07. The van der Waals surface area contributed by atoms with E-state index in [0.29, 0.717) is 19.7 Å². The Hall–Kier alpha value is -1.11. The fourth-order valence-corrected chi connectivity index (χ4v) is 1.71. The summed E-state index contributed by atoms with van der Waals surface area (Å²) in [5.41, 5.74) is 1.14. The van der Waals surface area contributed by atoms with Crippen LogP contribution in [0.25, 0.3) is 0 Å². The average Bonchev–Trinajstić information content (AvgIpc) is 2.22. The van der Waals surface area contributed by atoms with Crippen LogP contribution in [-0.4, -0.2) is 33.9 Å². The summed E-state index contributed by atoms with van der Waals surface area (Å²) < 4.78 is 26.7. The molecule has 1 rings (SSSR count). The zero-order chi connectivity index (χ0) is 12.7. The smallest absolute Gasteiger partial charge is 0.210 e. The van der Waals surface area contributed by atoms with Gasteiger partial charge in [0.05, 0.1) is 5.75 Å². The molecule has 1 aromatic carbocycles. The third-order valence-electron chi connectivity index (χ3n) is 2.10. The monoisotopic (exact) mass is 258 g/mol. The van der Waals surface area contributed by atoms with Gasteiger partial charge in [-0.3, -0.25) is 0 Å². The van der Waals surface area contributed by atoms with Crippen LogP contribution in [0.3, 0.4) is 0 Å². The summed E-state index contributed by atoms with van der Waals surface area (Å²) in [5, 5.41) is 7.80. The molecule has 0 spiro atoms. The van der Waals surface area contributed by atoms with Crippen LogP contribution in [0, 0.1) is 6.92 Å². The zero-order valence-electron chi connectivity index (χ0n) is 9.85. The number of hydrogen-bond donors (Lipinski definition) is 2. The highest BCUT2D eigenvalue weighted by atomic mass is 32.2. The van der Waals surface area contributed by atoms with Crippen LogP contribution in [0.15, 0.2) is 24.3 Å². The number of primary sulfonamides is 1. The fourth-order valence-electron chi connectivity index (χ4n) is 1.29. The van der Waals surface area contributed by atoms with Gasteiger partial charge in [-0.1, -0.05) is 12.1 Å². The number of nitrogens with two attached hydrogens (primary N) is 1. The first-order valence-corrected chi connectivity index (χ1v) is 7.09. The van der Waals surface area contributed by atoms with Crippen LogP contribution in [0.2, 0.25) is 0 Å². The Bertz CT molecular complexity index is 446. The number of aryl methyl sites for hydroxylation is 1. The van der Waals surface area contributed by atoms with Crippen molar-refractivity contribution in [2.75, 3.05) is 25.4 Å². The van der Waals surface area contributed by atoms with Gasteiger partial charge in [0.15, 0.2) is 0 Å². The summed E-state index contributed by atoms with van der Waals surface area (Å²) in [5.74, 6) is 0.760. The second kappa shape index (κ2) is 6.58. The molecule has 3 N–H and O–H groups in total. The molecule has 0 atom stereocenters. The maximum absolute atomic E-state index is 10.6. The van der Waals surface area contributed by atoms with E-state index in [0.717, 1.165) is 11.3 Å². The molecule has 0 radical (unpaired) electrons. The molecule has 0 bridgehead atoms. The van der Waals surface area contributed by atoms with Gasteiger partial charge in [-0.2, -0.15) is 0 Å². The minimum absolute atomic E-state index is 0.0581. The van der Waals surface area contributed by atoms with Crippen molar-refractivity contribution in [2.24, 2.45) is 5.14 Å². The third kappa shape index (κ3) is 6.93. The Balaban J connectivity index is 2.13. The van der Waals surface area contributed by atoms with Crippen molar-refractivity contribution in [2.45, 2.75) is 6.92 Å². The highest BCUT2D eigenvalue weighted by molar-refractivity contribution is 7.89. The Morgan fingerprint density at radius 3 is 2.76 bits per heavy atom. The largest absolute Gasteiger partial charge is 0.492 e. The molecule has 0 saturated heterocycles. The van der Waals surface area contributed by atoms with E-state index in [2.05, 4.69) is 5.32 Å². The van der Waals surface area contributed by atoms with Crippen molar-refractivity contribution in [3.63, 3.8) is 0 Å². The Labute approximate surface area is 102 Å². The van der Waals surface area contributed by atoms with Gasteiger partial charge in [-0.25, -0.2) is 13.6 Å². The van der Waals surface area contributed by atoms with Gasteiger partial charge in [0.1, 0.15) is 12.4 Å². The fraction of sp³-hybridized carbons (Fsp3) is 0.455. The number of rotatable bonds is 7. The molecule has 0 heterocycles. The first-order valence-electron chi connectivity index (χ1n) is 5.38. The molecule has 5 nitrogen and oxygen atoms in total. The normalized spacial score (nSPS) is 11.4. The summed E-state index contributed by atoms with van der Waals surface area (Å²) in [6.45, 7) is 3.42. The number of hydrogen-bond acceptors (Lipinski definition) is 4. The number of sulfonamides is 1. The molecule has 96 valence electrons. The summed E-state index contributed by atoms with van der Waals surface area (Å²) in [7, 11) is -3.37. The maximum atomic E-state index is 10.6. The number of benzene rings is 1. The minimum atomic E-state index is -3.37. The number of nitrogens with one attached hydrogen (secondary N) is 1. The molecule has 0 aliphatic carbocycles. The van der Waals surface area contributed by atoms with Gasteiger partial charge in [-0.05, 0) is 24.6 Å². The quantitative estimate of drug-likeness (QED) is 0.687. The second-order valence-electron chi connectivity index (χ2n) is 3.78. The topological polar surface area (TPSA) is 81.4 Å². The molecule has 0 aliphatic rings. The molecular formula is C11H18N2O3S. The highest BCUT2D eigenvalue weighted by Gasteiger charge is 2.00. The maximum Gasteiger partial charge on any atom is 0.210 e. The predicted molar refractivity (Wildman–Crippen MR) is 67.5 cm³/mol. The molecule has 0 aliphatic heterocycles. The SMILES string of the molecule is Cc1cccc(OCCNCCS(N)(=O)=O)c1. The van der Waals surface area contributed by atoms with E-state index in [1.165, 1.54) is 0 Å². The van der Waals surface area contributed by atoms with Gasteiger partial charge in [0.2, 0.25) is 10.0 Å². The van der Waals surface area contributed by atoms with Crippen molar-refractivity contribution < 1.29 is 13.2 Å². The molecule has 0 fully saturated rings. The molecule has 0 amide bonds. The highest BCUT2D eigenvalue weighted by Crippen LogP contribution is 2.11. The molecule has 0 aromatic heterocycles. The average molecular weight is 258 g/mol. The Morgan fingerprint density at radius 1 is 1.35 bits per heavy atom.